The minimum Gasteiger partial charge on any atom is -0.501 e. The first-order valence-corrected chi connectivity index (χ1v) is 4.68. The van der Waals surface area contributed by atoms with Crippen molar-refractivity contribution in [2.75, 3.05) is 0 Å². The average Bonchev–Trinajstić information content (AvgIpc) is 2.27. The van der Waals surface area contributed by atoms with Gasteiger partial charge >= 0.3 is 12.2 Å². The highest BCUT2D eigenvalue weighted by Gasteiger charge is 2.04. The molecule has 1 aromatic rings. The summed E-state index contributed by atoms with van der Waals surface area (Å²) >= 11 is 0. The third-order valence-electron chi connectivity index (χ3n) is 2.06. The number of hydrogen-bond donors (Lipinski definition) is 2. The number of nitrogens with zero attached hydrogens (tertiary/aromatic N) is 2. The summed E-state index contributed by atoms with van der Waals surface area (Å²) in [5.74, 6) is -0.988. The van der Waals surface area contributed by atoms with E-state index in [2.05, 4.69) is 4.98 Å². The van der Waals surface area contributed by atoms with Crippen LogP contribution in [0.1, 0.15) is 17.5 Å². The zero-order chi connectivity index (χ0) is 12.0. The third-order valence-corrected chi connectivity index (χ3v) is 2.06. The van der Waals surface area contributed by atoms with Gasteiger partial charge in [0, 0.05) is 12.0 Å². The van der Waals surface area contributed by atoms with Crippen LogP contribution in [0.5, 0.6) is 0 Å². The van der Waals surface area contributed by atoms with E-state index in [1.54, 1.807) is 24.3 Å². The van der Waals surface area contributed by atoms with Crippen LogP contribution < -0.4 is 0 Å². The van der Waals surface area contributed by atoms with Crippen LogP contribution in [0.25, 0.3) is 10.7 Å². The van der Waals surface area contributed by atoms with Gasteiger partial charge in [-0.1, -0.05) is 24.3 Å². The lowest BCUT2D eigenvalue weighted by molar-refractivity contribution is -0.136. The van der Waals surface area contributed by atoms with Gasteiger partial charge in [0.2, 0.25) is 11.2 Å². The van der Waals surface area contributed by atoms with Gasteiger partial charge in [0.15, 0.2) is 4.98 Å². The number of aliphatic hydroxyl groups is 1. The number of carbonyl (C=O) groups is 1. The highest BCUT2D eigenvalue weighted by atomic mass is 16.4. The lowest BCUT2D eigenvalue weighted by Crippen LogP contribution is -1.97. The quantitative estimate of drug-likeness (QED) is 0.601. The van der Waals surface area contributed by atoms with Gasteiger partial charge < -0.3 is 10.2 Å². The van der Waals surface area contributed by atoms with Crippen LogP contribution in [0.4, 0.5) is 0 Å². The summed E-state index contributed by atoms with van der Waals surface area (Å²) in [5, 5.41) is 26.1. The van der Waals surface area contributed by atoms with Crippen molar-refractivity contribution in [3.05, 3.63) is 46.6 Å². The summed E-state index contributed by atoms with van der Waals surface area (Å²) in [5.41, 5.74) is 1.39. The molecule has 5 heteroatoms. The molecule has 0 unspecified atom stereocenters. The minimum absolute atomic E-state index is 0.0765. The molecule has 0 fully saturated rings. The fourth-order valence-corrected chi connectivity index (χ4v) is 1.22. The van der Waals surface area contributed by atoms with Crippen LogP contribution in [-0.4, -0.2) is 16.2 Å². The summed E-state index contributed by atoms with van der Waals surface area (Å²) in [6.07, 6.45) is 1.45. The maximum absolute atomic E-state index is 10.3. The maximum atomic E-state index is 10.3. The molecule has 0 atom stereocenters. The molecular weight excluding hydrogens is 208 g/mol. The van der Waals surface area contributed by atoms with Crippen LogP contribution in [0.15, 0.2) is 30.5 Å². The number of hydrogen-bond acceptors (Lipinski definition) is 3. The molecule has 0 aromatic heterocycles. The van der Waals surface area contributed by atoms with Crippen molar-refractivity contribution >= 4 is 11.7 Å². The highest BCUT2D eigenvalue weighted by Crippen LogP contribution is 2.13. The van der Waals surface area contributed by atoms with Gasteiger partial charge in [-0.05, 0) is 12.0 Å². The Labute approximate surface area is 92.3 Å². The molecule has 0 saturated heterocycles. The van der Waals surface area contributed by atoms with Crippen molar-refractivity contribution in [2.45, 2.75) is 12.8 Å². The van der Waals surface area contributed by atoms with Gasteiger partial charge in [0.25, 0.3) is 0 Å². The Hall–Kier alpha value is -2.35. The average molecular weight is 219 g/mol. The van der Waals surface area contributed by atoms with E-state index < -0.39 is 5.97 Å². The summed E-state index contributed by atoms with van der Waals surface area (Å²) < 4.78 is 0. The second-order valence-corrected chi connectivity index (χ2v) is 3.22. The largest absolute Gasteiger partial charge is 0.501 e. The molecule has 0 aliphatic heterocycles. The van der Waals surface area contributed by atoms with E-state index in [9.17, 15) is 9.90 Å². The van der Waals surface area contributed by atoms with Crippen molar-refractivity contribution in [1.82, 2.24) is 0 Å². The van der Waals surface area contributed by atoms with E-state index in [0.29, 0.717) is 12.0 Å². The summed E-state index contributed by atoms with van der Waals surface area (Å²) in [7, 11) is 0. The topological polar surface area (TPSA) is 85.7 Å². The fraction of sp³-hybridized carbons (Fsp3) is 0.182. The first kappa shape index (κ1) is 11.7. The Bertz CT molecular complexity index is 443. The van der Waals surface area contributed by atoms with Crippen molar-refractivity contribution in [2.24, 2.45) is 0 Å². The number of rotatable bonds is 4. The van der Waals surface area contributed by atoms with E-state index in [1.807, 2.05) is 0 Å². The summed E-state index contributed by atoms with van der Waals surface area (Å²) in [4.78, 5) is 13.0. The highest BCUT2D eigenvalue weighted by molar-refractivity contribution is 5.67. The van der Waals surface area contributed by atoms with Gasteiger partial charge in [-0.15, -0.1) is 0 Å². The third kappa shape index (κ3) is 3.42. The molecule has 0 aliphatic rings. The zero-order valence-electron chi connectivity index (χ0n) is 8.50. The van der Waals surface area contributed by atoms with Crippen molar-refractivity contribution in [3.8, 4) is 0 Å². The second-order valence-electron chi connectivity index (χ2n) is 3.22. The molecule has 1 rings (SSSR count). The van der Waals surface area contributed by atoms with Gasteiger partial charge in [-0.3, -0.25) is 4.79 Å². The van der Waals surface area contributed by atoms with Crippen molar-refractivity contribution in [3.63, 3.8) is 0 Å². The predicted molar refractivity (Wildman–Crippen MR) is 58.1 cm³/mol. The molecule has 1 aromatic carbocycles. The Morgan fingerprint density at radius 3 is 2.44 bits per heavy atom. The first-order chi connectivity index (χ1) is 7.63. The normalized spacial score (nSPS) is 10.8. The fourth-order valence-electron chi connectivity index (χ4n) is 1.22. The molecule has 2 N–H and O–H groups in total. The molecule has 0 spiro atoms. The number of benzene rings is 1. The smallest absolute Gasteiger partial charge is 0.392 e. The molecule has 82 valence electrons. The minimum atomic E-state index is -0.842. The number of aliphatic hydroxyl groups excluding tert-OH is 1. The van der Waals surface area contributed by atoms with Crippen LogP contribution in [0.3, 0.4) is 0 Å². The monoisotopic (exact) mass is 219 g/mol. The molecule has 0 bridgehead atoms. The van der Waals surface area contributed by atoms with Crippen LogP contribution in [-0.2, 0) is 11.2 Å². The summed E-state index contributed by atoms with van der Waals surface area (Å²) in [6, 6.07) is 6.71. The van der Waals surface area contributed by atoms with Crippen LogP contribution >= 0.6 is 0 Å². The van der Waals surface area contributed by atoms with E-state index >= 15 is 0 Å². The molecular formula is C11H11N2O3+. The van der Waals surface area contributed by atoms with E-state index in [1.165, 1.54) is 0 Å². The lowest BCUT2D eigenvalue weighted by Gasteiger charge is -2.00. The first-order valence-electron chi connectivity index (χ1n) is 4.68. The van der Waals surface area contributed by atoms with Gasteiger partial charge in [0.05, 0.1) is 0 Å². The standard InChI is InChI=1S/C11H10N2O3/c12-13-7-10(14)9-4-1-8(2-5-9)3-6-11(15)16/h1-2,4-5,7H,3,6H2,(H-,14,15,16)/p+1/b10-7+. The Morgan fingerprint density at radius 2 is 1.94 bits per heavy atom. The Morgan fingerprint density at radius 1 is 1.31 bits per heavy atom. The SMILES string of the molecule is N#[N+]/C=C(/O)c1ccc(CCC(=O)O)cc1. The van der Waals surface area contributed by atoms with Crippen LogP contribution in [0, 0.1) is 5.39 Å². The van der Waals surface area contributed by atoms with Gasteiger partial charge in [-0.25, -0.2) is 0 Å². The number of aryl methyl sites for hydroxylation is 1. The molecule has 0 aliphatic carbocycles. The van der Waals surface area contributed by atoms with Gasteiger partial charge in [-0.2, -0.15) is 0 Å². The van der Waals surface area contributed by atoms with E-state index in [4.69, 9.17) is 10.5 Å². The molecule has 5 nitrogen and oxygen atoms in total. The van der Waals surface area contributed by atoms with E-state index in [0.717, 1.165) is 11.8 Å². The Kier molecular flexibility index (Phi) is 4.04. The maximum Gasteiger partial charge on any atom is 0.392 e. The van der Waals surface area contributed by atoms with Crippen LogP contribution in [0.2, 0.25) is 0 Å². The summed E-state index contributed by atoms with van der Waals surface area (Å²) in [6.45, 7) is 0. The lowest BCUT2D eigenvalue weighted by atomic mass is 10.1. The number of aliphatic carboxylic acids is 1. The van der Waals surface area contributed by atoms with Crippen molar-refractivity contribution in [1.29, 1.82) is 5.39 Å². The zero-order valence-corrected chi connectivity index (χ0v) is 8.50. The van der Waals surface area contributed by atoms with E-state index in [-0.39, 0.29) is 12.2 Å². The molecule has 0 saturated carbocycles. The Balaban J connectivity index is 2.72. The number of diazo groups is 1. The molecule has 0 heterocycles. The molecule has 16 heavy (non-hydrogen) atoms. The second kappa shape index (κ2) is 5.51. The number of carboxylic acid groups (broad SMARTS) is 1. The molecule has 0 radical (unpaired) electrons. The predicted octanol–water partition coefficient (Wildman–Crippen LogP) is 2.41. The molecule has 0 amide bonds. The van der Waals surface area contributed by atoms with Gasteiger partial charge in [0.1, 0.15) is 0 Å². The number of carboxylic acids is 1. The van der Waals surface area contributed by atoms with Crippen molar-refractivity contribution < 1.29 is 15.0 Å².